The maximum absolute atomic E-state index is 10.8. The fourth-order valence-electron chi connectivity index (χ4n) is 1.31. The fraction of sp³-hybridized carbons (Fsp3) is 0.0909. The van der Waals surface area contributed by atoms with Crippen molar-refractivity contribution in [3.8, 4) is 11.5 Å². The van der Waals surface area contributed by atoms with Gasteiger partial charge < -0.3 is 9.52 Å². The van der Waals surface area contributed by atoms with Gasteiger partial charge in [0.2, 0.25) is 5.89 Å². The summed E-state index contributed by atoms with van der Waals surface area (Å²) in [6.07, 6.45) is 0. The third-order valence-corrected chi connectivity index (χ3v) is 2.81. The van der Waals surface area contributed by atoms with Gasteiger partial charge in [-0.3, -0.25) is 0 Å². The number of carboxylic acid groups (broad SMARTS) is 1. The van der Waals surface area contributed by atoms with Crippen LogP contribution >= 0.6 is 22.6 Å². The van der Waals surface area contributed by atoms with Gasteiger partial charge in [-0.15, -0.1) is 0 Å². The number of nitrogens with zero attached hydrogens (tertiary/aromatic N) is 1. The topological polar surface area (TPSA) is 63.3 Å². The number of aromatic nitrogens is 1. The van der Waals surface area contributed by atoms with Crippen LogP contribution in [-0.2, 0) is 0 Å². The highest BCUT2D eigenvalue weighted by molar-refractivity contribution is 14.1. The number of carbonyl (C=O) groups is 1. The van der Waals surface area contributed by atoms with E-state index in [1.54, 1.807) is 6.92 Å². The summed E-state index contributed by atoms with van der Waals surface area (Å²) in [4.78, 5) is 14.7. The van der Waals surface area contributed by atoms with E-state index < -0.39 is 5.97 Å². The molecule has 0 radical (unpaired) electrons. The Labute approximate surface area is 105 Å². The summed E-state index contributed by atoms with van der Waals surface area (Å²) >= 11 is 2.19. The van der Waals surface area contributed by atoms with Crippen molar-refractivity contribution in [2.75, 3.05) is 0 Å². The second kappa shape index (κ2) is 4.25. The van der Waals surface area contributed by atoms with E-state index in [9.17, 15) is 4.79 Å². The predicted molar refractivity (Wildman–Crippen MR) is 66.4 cm³/mol. The average molecular weight is 329 g/mol. The lowest BCUT2D eigenvalue weighted by Gasteiger charge is -1.94. The molecule has 0 saturated heterocycles. The van der Waals surface area contributed by atoms with Crippen LogP contribution in [-0.4, -0.2) is 16.1 Å². The third kappa shape index (κ3) is 2.08. The van der Waals surface area contributed by atoms with Crippen molar-refractivity contribution < 1.29 is 14.3 Å². The van der Waals surface area contributed by atoms with Crippen LogP contribution < -0.4 is 0 Å². The smallest absolute Gasteiger partial charge is 0.358 e. The van der Waals surface area contributed by atoms with Crippen molar-refractivity contribution in [1.29, 1.82) is 0 Å². The van der Waals surface area contributed by atoms with Gasteiger partial charge in [0.05, 0.1) is 0 Å². The summed E-state index contributed by atoms with van der Waals surface area (Å²) in [6.45, 7) is 1.59. The average Bonchev–Trinajstić information content (AvgIpc) is 2.61. The zero-order chi connectivity index (χ0) is 11.7. The predicted octanol–water partition coefficient (Wildman–Crippen LogP) is 2.95. The molecule has 0 amide bonds. The molecule has 82 valence electrons. The Morgan fingerprint density at radius 2 is 2.00 bits per heavy atom. The van der Waals surface area contributed by atoms with E-state index in [0.29, 0.717) is 11.7 Å². The van der Waals surface area contributed by atoms with Gasteiger partial charge in [0.1, 0.15) is 5.76 Å². The van der Waals surface area contributed by atoms with Gasteiger partial charge >= 0.3 is 5.97 Å². The molecule has 5 heteroatoms. The molecule has 0 aliphatic carbocycles. The van der Waals surface area contributed by atoms with Crippen LogP contribution in [0.4, 0.5) is 0 Å². The van der Waals surface area contributed by atoms with E-state index in [-0.39, 0.29) is 5.69 Å². The van der Waals surface area contributed by atoms with Gasteiger partial charge in [-0.05, 0) is 53.8 Å². The summed E-state index contributed by atoms with van der Waals surface area (Å²) in [5.41, 5.74) is 0.740. The van der Waals surface area contributed by atoms with Gasteiger partial charge in [-0.1, -0.05) is 0 Å². The molecule has 0 atom stereocenters. The molecular formula is C11H8INO3. The summed E-state index contributed by atoms with van der Waals surface area (Å²) < 4.78 is 6.41. The lowest BCUT2D eigenvalue weighted by molar-refractivity contribution is 0.0689. The fourth-order valence-corrected chi connectivity index (χ4v) is 1.67. The summed E-state index contributed by atoms with van der Waals surface area (Å²) in [6, 6.07) is 7.52. The highest BCUT2D eigenvalue weighted by Crippen LogP contribution is 2.22. The van der Waals surface area contributed by atoms with Crippen molar-refractivity contribution in [1.82, 2.24) is 4.98 Å². The number of rotatable bonds is 2. The first-order valence-corrected chi connectivity index (χ1v) is 5.62. The zero-order valence-corrected chi connectivity index (χ0v) is 10.6. The van der Waals surface area contributed by atoms with E-state index in [2.05, 4.69) is 27.6 Å². The molecule has 1 heterocycles. The number of hydrogen-bond acceptors (Lipinski definition) is 3. The number of oxazole rings is 1. The Balaban J connectivity index is 2.45. The number of aromatic carboxylic acids is 1. The van der Waals surface area contributed by atoms with Gasteiger partial charge in [0, 0.05) is 9.13 Å². The summed E-state index contributed by atoms with van der Waals surface area (Å²) in [5, 5.41) is 8.85. The Bertz CT molecular complexity index is 531. The van der Waals surface area contributed by atoms with Gasteiger partial charge in [0.25, 0.3) is 0 Å². The van der Waals surface area contributed by atoms with Crippen molar-refractivity contribution >= 4 is 28.6 Å². The van der Waals surface area contributed by atoms with Crippen LogP contribution in [0.25, 0.3) is 11.5 Å². The molecule has 4 nitrogen and oxygen atoms in total. The summed E-state index contributed by atoms with van der Waals surface area (Å²) in [7, 11) is 0. The molecule has 0 unspecified atom stereocenters. The zero-order valence-electron chi connectivity index (χ0n) is 8.40. The first kappa shape index (κ1) is 11.1. The van der Waals surface area contributed by atoms with Crippen molar-refractivity contribution in [2.45, 2.75) is 6.92 Å². The molecule has 0 bridgehead atoms. The van der Waals surface area contributed by atoms with Crippen LogP contribution in [0.2, 0.25) is 0 Å². The third-order valence-electron chi connectivity index (χ3n) is 2.09. The quantitative estimate of drug-likeness (QED) is 0.861. The Hall–Kier alpha value is -1.37. The number of carboxylic acids is 1. The highest BCUT2D eigenvalue weighted by atomic mass is 127. The first-order chi connectivity index (χ1) is 7.58. The second-order valence-corrected chi connectivity index (χ2v) is 4.48. The summed E-state index contributed by atoms with van der Waals surface area (Å²) in [5.74, 6) is -0.412. The SMILES string of the molecule is Cc1oc(-c2ccc(I)cc2)nc1C(=O)O. The first-order valence-electron chi connectivity index (χ1n) is 4.54. The van der Waals surface area contributed by atoms with Crippen molar-refractivity contribution in [3.05, 3.63) is 39.3 Å². The highest BCUT2D eigenvalue weighted by Gasteiger charge is 2.16. The van der Waals surface area contributed by atoms with E-state index in [4.69, 9.17) is 9.52 Å². The number of halogens is 1. The van der Waals surface area contributed by atoms with Crippen LogP contribution in [0, 0.1) is 10.5 Å². The largest absolute Gasteiger partial charge is 0.476 e. The maximum atomic E-state index is 10.8. The Morgan fingerprint density at radius 1 is 1.38 bits per heavy atom. The maximum Gasteiger partial charge on any atom is 0.358 e. The van der Waals surface area contributed by atoms with Crippen molar-refractivity contribution in [3.63, 3.8) is 0 Å². The molecule has 2 rings (SSSR count). The molecule has 0 aliphatic rings. The minimum atomic E-state index is -1.07. The van der Waals surface area contributed by atoms with Gasteiger partial charge in [0.15, 0.2) is 5.69 Å². The van der Waals surface area contributed by atoms with Crippen molar-refractivity contribution in [2.24, 2.45) is 0 Å². The Morgan fingerprint density at radius 3 is 2.50 bits per heavy atom. The molecule has 0 aliphatic heterocycles. The number of aryl methyl sites for hydroxylation is 1. The monoisotopic (exact) mass is 329 g/mol. The normalized spacial score (nSPS) is 10.4. The van der Waals surface area contributed by atoms with Crippen LogP contribution in [0.1, 0.15) is 16.2 Å². The van der Waals surface area contributed by atoms with E-state index >= 15 is 0 Å². The van der Waals surface area contributed by atoms with E-state index in [1.165, 1.54) is 0 Å². The second-order valence-electron chi connectivity index (χ2n) is 3.24. The molecule has 2 aromatic rings. The van der Waals surface area contributed by atoms with Gasteiger partial charge in [-0.2, -0.15) is 0 Å². The number of hydrogen-bond donors (Lipinski definition) is 1. The van der Waals surface area contributed by atoms with Crippen LogP contribution in [0.15, 0.2) is 28.7 Å². The van der Waals surface area contributed by atoms with E-state index in [1.807, 2.05) is 24.3 Å². The minimum Gasteiger partial charge on any atom is -0.476 e. The molecule has 16 heavy (non-hydrogen) atoms. The Kier molecular flexibility index (Phi) is 2.95. The standard InChI is InChI=1S/C11H8INO3/c1-6-9(11(14)15)13-10(16-6)7-2-4-8(12)5-3-7/h2-5H,1H3,(H,14,15). The minimum absolute atomic E-state index is 0.0337. The molecule has 1 N–H and O–H groups in total. The van der Waals surface area contributed by atoms with E-state index in [0.717, 1.165) is 9.13 Å². The van der Waals surface area contributed by atoms with Gasteiger partial charge in [-0.25, -0.2) is 9.78 Å². The molecule has 0 saturated carbocycles. The molecule has 1 aromatic carbocycles. The van der Waals surface area contributed by atoms with Crippen LogP contribution in [0.3, 0.4) is 0 Å². The lowest BCUT2D eigenvalue weighted by Crippen LogP contribution is -1.98. The molecule has 0 fully saturated rings. The molecule has 1 aromatic heterocycles. The number of benzene rings is 1. The van der Waals surface area contributed by atoms with Crippen LogP contribution in [0.5, 0.6) is 0 Å². The molecular weight excluding hydrogens is 321 g/mol. The molecule has 0 spiro atoms. The lowest BCUT2D eigenvalue weighted by atomic mass is 10.2.